The summed E-state index contributed by atoms with van der Waals surface area (Å²) in [6.45, 7) is 9.11. The molecule has 0 aromatic carbocycles. The number of rotatable bonds is 47. The Balaban J connectivity index is 3.12. The maximum Gasteiger partial charge on any atom is 0.329 e. The molecule has 22 nitrogen and oxygen atoms in total. The van der Waals surface area contributed by atoms with Crippen molar-refractivity contribution in [3.05, 3.63) is 0 Å². The smallest absolute Gasteiger partial charge is 0.329 e. The van der Waals surface area contributed by atoms with E-state index < -0.39 is 37.0 Å². The summed E-state index contributed by atoms with van der Waals surface area (Å²) in [5.41, 5.74) is 0. The molecule has 0 bridgehead atoms. The van der Waals surface area contributed by atoms with Crippen LogP contribution in [0.3, 0.4) is 0 Å². The molecule has 56 heavy (non-hydrogen) atoms. The first-order valence-electron chi connectivity index (χ1n) is 18.5. The number of carbonyl (C=O) groups excluding carboxylic acids is 2. The molecular weight excluding hydrogens is 756 g/mol. The second kappa shape index (κ2) is 45.0. The van der Waals surface area contributed by atoms with E-state index in [1.165, 1.54) is 0 Å². The van der Waals surface area contributed by atoms with E-state index in [1.807, 2.05) is 0 Å². The number of hydrogen-bond acceptors (Lipinski definition) is 18. The maximum atomic E-state index is 11.4. The van der Waals surface area contributed by atoms with Crippen molar-refractivity contribution in [2.45, 2.75) is 0 Å². The second-order valence-electron chi connectivity index (χ2n) is 10.8. The fourth-order valence-electron chi connectivity index (χ4n) is 3.61. The van der Waals surface area contributed by atoms with E-state index in [1.54, 1.807) is 0 Å². The van der Waals surface area contributed by atoms with Gasteiger partial charge in [0.05, 0.1) is 159 Å². The van der Waals surface area contributed by atoms with Crippen molar-refractivity contribution in [2.24, 2.45) is 0 Å². The fraction of sp³-hybridized carbons (Fsp3) is 0.882. The monoisotopic (exact) mass is 820 g/mol. The molecule has 0 rings (SSSR count). The number of amides is 2. The summed E-state index contributed by atoms with van der Waals surface area (Å²) in [6.07, 6.45) is 0. The van der Waals surface area contributed by atoms with E-state index in [0.29, 0.717) is 172 Å². The molecule has 0 fully saturated rings. The molecule has 0 saturated heterocycles. The molecule has 2 amide bonds. The van der Waals surface area contributed by atoms with Gasteiger partial charge in [-0.2, -0.15) is 0 Å². The zero-order chi connectivity index (χ0) is 40.8. The van der Waals surface area contributed by atoms with Crippen LogP contribution in [0.25, 0.3) is 0 Å². The third-order valence-electron chi connectivity index (χ3n) is 6.15. The molecule has 0 atom stereocenters. The maximum absolute atomic E-state index is 11.4. The summed E-state index contributed by atoms with van der Waals surface area (Å²) >= 11 is 0. The lowest BCUT2D eigenvalue weighted by Crippen LogP contribution is -2.31. The lowest BCUT2D eigenvalue weighted by molar-refractivity contribution is -0.145. The predicted molar refractivity (Wildman–Crippen MR) is 193 cm³/mol. The second-order valence-corrected chi connectivity index (χ2v) is 10.8. The highest BCUT2D eigenvalue weighted by atomic mass is 16.6. The van der Waals surface area contributed by atoms with E-state index in [4.69, 9.17) is 67.1 Å². The summed E-state index contributed by atoms with van der Waals surface area (Å²) in [6, 6.07) is 0. The van der Waals surface area contributed by atoms with Crippen molar-refractivity contribution in [2.75, 3.05) is 198 Å². The van der Waals surface area contributed by atoms with Gasteiger partial charge in [-0.1, -0.05) is 0 Å². The number of aliphatic carboxylic acids is 2. The first-order chi connectivity index (χ1) is 27.4. The first-order valence-corrected chi connectivity index (χ1v) is 18.5. The molecule has 0 heterocycles. The minimum absolute atomic E-state index is 0.290. The van der Waals surface area contributed by atoms with Crippen LogP contribution in [0.4, 0.5) is 0 Å². The lowest BCUT2D eigenvalue weighted by atomic mass is 10.6. The Labute approximate surface area is 328 Å². The zero-order valence-electron chi connectivity index (χ0n) is 32.5. The summed E-state index contributed by atoms with van der Waals surface area (Å²) in [5.74, 6) is -3.07. The highest BCUT2D eigenvalue weighted by molar-refractivity contribution is 5.78. The van der Waals surface area contributed by atoms with Crippen molar-refractivity contribution in [1.82, 2.24) is 10.6 Å². The van der Waals surface area contributed by atoms with Crippen molar-refractivity contribution < 1.29 is 95.7 Å². The summed E-state index contributed by atoms with van der Waals surface area (Å²) < 4.78 is 74.4. The predicted octanol–water partition coefficient (Wildman–Crippen LogP) is -2.38. The van der Waals surface area contributed by atoms with Gasteiger partial charge in [0.15, 0.2) is 0 Å². The summed E-state index contributed by atoms with van der Waals surface area (Å²) in [5, 5.41) is 21.9. The van der Waals surface area contributed by atoms with Gasteiger partial charge in [-0.3, -0.25) is 9.59 Å². The molecule has 0 aliphatic carbocycles. The van der Waals surface area contributed by atoms with E-state index in [9.17, 15) is 19.2 Å². The highest BCUT2D eigenvalue weighted by Crippen LogP contribution is 1.88. The molecule has 0 unspecified atom stereocenters. The van der Waals surface area contributed by atoms with Gasteiger partial charge in [0, 0.05) is 13.1 Å². The van der Waals surface area contributed by atoms with Gasteiger partial charge in [-0.05, 0) is 0 Å². The van der Waals surface area contributed by atoms with Crippen LogP contribution in [-0.4, -0.2) is 232 Å². The van der Waals surface area contributed by atoms with Crippen LogP contribution in [-0.2, 0) is 85.5 Å². The van der Waals surface area contributed by atoms with Crippen LogP contribution in [0.2, 0.25) is 0 Å². The van der Waals surface area contributed by atoms with E-state index in [-0.39, 0.29) is 13.2 Å². The summed E-state index contributed by atoms with van der Waals surface area (Å²) in [7, 11) is 0. The van der Waals surface area contributed by atoms with Gasteiger partial charge in [0.1, 0.15) is 26.4 Å². The molecule has 0 aromatic rings. The van der Waals surface area contributed by atoms with Gasteiger partial charge in [0.25, 0.3) is 0 Å². The SMILES string of the molecule is O=C(O)COCC(=O)NCCOCCOCCOCCOCCOCCOCCOCCOCCOCCOCCOCCOCCNC(=O)COCC(=O)O. The minimum atomic E-state index is -1.13. The Hall–Kier alpha value is -2.68. The lowest BCUT2D eigenvalue weighted by Gasteiger charge is -2.09. The van der Waals surface area contributed by atoms with Crippen LogP contribution in [0.1, 0.15) is 0 Å². The fourth-order valence-corrected chi connectivity index (χ4v) is 3.61. The molecule has 4 N–H and O–H groups in total. The number of ether oxygens (including phenoxy) is 14. The van der Waals surface area contributed by atoms with E-state index in [0.717, 1.165) is 0 Å². The number of carboxylic acid groups (broad SMARTS) is 2. The molecule has 0 radical (unpaired) electrons. The van der Waals surface area contributed by atoms with Crippen LogP contribution in [0, 0.1) is 0 Å². The zero-order valence-corrected chi connectivity index (χ0v) is 32.5. The van der Waals surface area contributed by atoms with Crippen LogP contribution < -0.4 is 10.6 Å². The van der Waals surface area contributed by atoms with Crippen molar-refractivity contribution in [1.29, 1.82) is 0 Å². The third kappa shape index (κ3) is 47.5. The van der Waals surface area contributed by atoms with E-state index in [2.05, 4.69) is 20.1 Å². The Bertz CT molecular complexity index is 836. The number of hydrogen-bond donors (Lipinski definition) is 4. The number of carboxylic acids is 2. The van der Waals surface area contributed by atoms with Gasteiger partial charge >= 0.3 is 11.9 Å². The number of carbonyl (C=O) groups is 4. The molecular formula is C34H64N2O20. The average Bonchev–Trinajstić information content (AvgIpc) is 3.16. The Morgan fingerprint density at radius 1 is 0.268 bits per heavy atom. The molecule has 0 saturated carbocycles. The topological polar surface area (TPSA) is 262 Å². The highest BCUT2D eigenvalue weighted by Gasteiger charge is 2.04. The Morgan fingerprint density at radius 3 is 0.625 bits per heavy atom. The van der Waals surface area contributed by atoms with Gasteiger partial charge < -0.3 is 87.2 Å². The first kappa shape index (κ1) is 53.3. The van der Waals surface area contributed by atoms with Crippen molar-refractivity contribution in [3.8, 4) is 0 Å². The average molecular weight is 821 g/mol. The van der Waals surface area contributed by atoms with Crippen molar-refractivity contribution >= 4 is 23.8 Å². The molecule has 0 aliphatic rings. The van der Waals surface area contributed by atoms with Crippen LogP contribution in [0.15, 0.2) is 0 Å². The van der Waals surface area contributed by atoms with Crippen LogP contribution >= 0.6 is 0 Å². The van der Waals surface area contributed by atoms with Gasteiger partial charge in [0.2, 0.25) is 11.8 Å². The molecule has 0 spiro atoms. The summed E-state index contributed by atoms with van der Waals surface area (Å²) in [4.78, 5) is 43.3. The van der Waals surface area contributed by atoms with E-state index >= 15 is 0 Å². The quantitative estimate of drug-likeness (QED) is 0.0467. The minimum Gasteiger partial charge on any atom is -0.480 e. The Morgan fingerprint density at radius 2 is 0.446 bits per heavy atom. The third-order valence-corrected chi connectivity index (χ3v) is 6.15. The largest absolute Gasteiger partial charge is 0.480 e. The Kier molecular flexibility index (Phi) is 42.9. The molecule has 0 aliphatic heterocycles. The van der Waals surface area contributed by atoms with Gasteiger partial charge in [-0.15, -0.1) is 0 Å². The normalized spacial score (nSPS) is 11.2. The molecule has 0 aromatic heterocycles. The van der Waals surface area contributed by atoms with Gasteiger partial charge in [-0.25, -0.2) is 9.59 Å². The molecule has 330 valence electrons. The van der Waals surface area contributed by atoms with Crippen LogP contribution in [0.5, 0.6) is 0 Å². The molecule has 22 heteroatoms. The van der Waals surface area contributed by atoms with Crippen molar-refractivity contribution in [3.63, 3.8) is 0 Å². The standard InChI is InChI=1S/C34H64N2O20/c37-31(27-55-29-33(39)40)35-1-3-43-5-7-45-9-11-47-13-15-49-17-19-51-21-23-53-25-26-54-24-22-52-20-18-50-16-14-48-12-10-46-8-6-44-4-2-36-32(38)28-56-30-34(41)42/h1-30H2,(H,35,37)(H,36,38)(H,39,40)(H,41,42). The number of nitrogens with one attached hydrogen (secondary N) is 2.